The van der Waals surface area contributed by atoms with Crippen molar-refractivity contribution >= 4 is 35.2 Å². The van der Waals surface area contributed by atoms with Crippen molar-refractivity contribution < 1.29 is 24.0 Å². The molecule has 2 fully saturated rings. The second-order valence-corrected chi connectivity index (χ2v) is 9.39. The van der Waals surface area contributed by atoms with Crippen molar-refractivity contribution in [1.82, 2.24) is 20.4 Å². The van der Waals surface area contributed by atoms with E-state index in [4.69, 9.17) is 4.74 Å². The SMILES string of the molecule is COc1ccc(C(=O)CSC2NC(c3ccc([N+](=O)[O-])cc3)NC3C2C(=O)N(C)C(=O)N3C)cc1. The molecule has 4 atom stereocenters. The molecule has 2 aromatic carbocycles. The number of fused-ring (bicyclic) bond motifs is 1. The summed E-state index contributed by atoms with van der Waals surface area (Å²) in [5, 5.41) is 17.1. The van der Waals surface area contributed by atoms with E-state index in [0.29, 0.717) is 16.9 Å². The van der Waals surface area contributed by atoms with Crippen LogP contribution in [-0.2, 0) is 4.79 Å². The van der Waals surface area contributed by atoms with Gasteiger partial charge in [0.25, 0.3) is 5.69 Å². The molecule has 2 aromatic rings. The van der Waals surface area contributed by atoms with Gasteiger partial charge in [-0.3, -0.25) is 35.2 Å². The molecule has 2 heterocycles. The highest BCUT2D eigenvalue weighted by Gasteiger charge is 2.51. The van der Waals surface area contributed by atoms with E-state index in [1.54, 1.807) is 50.6 Å². The predicted octanol–water partition coefficient (Wildman–Crippen LogP) is 2.20. The zero-order chi connectivity index (χ0) is 25.3. The Morgan fingerprint density at radius 3 is 2.34 bits per heavy atom. The van der Waals surface area contributed by atoms with Crippen molar-refractivity contribution in [2.45, 2.75) is 17.7 Å². The van der Waals surface area contributed by atoms with E-state index in [1.807, 2.05) is 0 Å². The summed E-state index contributed by atoms with van der Waals surface area (Å²) in [4.78, 5) is 51.6. The van der Waals surface area contributed by atoms with Crippen LogP contribution in [0.2, 0.25) is 0 Å². The lowest BCUT2D eigenvalue weighted by molar-refractivity contribution is -0.384. The summed E-state index contributed by atoms with van der Waals surface area (Å²) in [5.74, 6) is -0.358. The van der Waals surface area contributed by atoms with Crippen LogP contribution in [-0.4, -0.2) is 70.9 Å². The summed E-state index contributed by atoms with van der Waals surface area (Å²) in [6.45, 7) is 0. The lowest BCUT2D eigenvalue weighted by Gasteiger charge is -2.50. The average Bonchev–Trinajstić information content (AvgIpc) is 2.88. The number of methoxy groups -OCH3 is 1. The van der Waals surface area contributed by atoms with E-state index < -0.39 is 34.6 Å². The molecular weight excluding hydrogens is 474 g/mol. The summed E-state index contributed by atoms with van der Waals surface area (Å²) < 4.78 is 5.13. The van der Waals surface area contributed by atoms with Crippen LogP contribution in [0.3, 0.4) is 0 Å². The number of nitrogens with one attached hydrogen (secondary N) is 2. The van der Waals surface area contributed by atoms with Gasteiger partial charge in [0.05, 0.1) is 41.4 Å². The monoisotopic (exact) mass is 499 g/mol. The van der Waals surface area contributed by atoms with Crippen LogP contribution in [0.4, 0.5) is 10.5 Å². The van der Waals surface area contributed by atoms with Crippen LogP contribution in [0.25, 0.3) is 0 Å². The number of benzene rings is 2. The number of Topliss-reactive ketones (excluding diaryl/α,β-unsaturated/α-hetero) is 1. The average molecular weight is 500 g/mol. The highest BCUT2D eigenvalue weighted by molar-refractivity contribution is 8.00. The number of imide groups is 1. The normalized spacial score (nSPS) is 24.2. The van der Waals surface area contributed by atoms with E-state index >= 15 is 0 Å². The number of rotatable bonds is 7. The van der Waals surface area contributed by atoms with Gasteiger partial charge in [-0.1, -0.05) is 0 Å². The fourth-order valence-electron chi connectivity index (χ4n) is 4.21. The number of hydrogen-bond acceptors (Lipinski definition) is 9. The number of non-ortho nitro benzene ring substituents is 1. The van der Waals surface area contributed by atoms with E-state index in [2.05, 4.69) is 10.6 Å². The molecule has 2 N–H and O–H groups in total. The first-order valence-electron chi connectivity index (χ1n) is 10.8. The predicted molar refractivity (Wildman–Crippen MR) is 129 cm³/mol. The van der Waals surface area contributed by atoms with Crippen molar-refractivity contribution in [2.75, 3.05) is 27.0 Å². The summed E-state index contributed by atoms with van der Waals surface area (Å²) in [6, 6.07) is 12.4. The Morgan fingerprint density at radius 1 is 1.09 bits per heavy atom. The van der Waals surface area contributed by atoms with E-state index in [9.17, 15) is 24.5 Å². The summed E-state index contributed by atoms with van der Waals surface area (Å²) in [7, 11) is 4.59. The Balaban J connectivity index is 1.57. The Bertz CT molecular complexity index is 1140. The van der Waals surface area contributed by atoms with Gasteiger partial charge in [0.1, 0.15) is 5.75 Å². The molecule has 2 aliphatic rings. The topological polar surface area (TPSA) is 134 Å². The van der Waals surface area contributed by atoms with Gasteiger partial charge in [-0.15, -0.1) is 11.8 Å². The molecule has 0 aromatic heterocycles. The molecule has 0 bridgehead atoms. The van der Waals surface area contributed by atoms with E-state index in [1.165, 1.54) is 35.8 Å². The molecule has 12 heteroatoms. The van der Waals surface area contributed by atoms with Gasteiger partial charge in [0, 0.05) is 31.8 Å². The first-order chi connectivity index (χ1) is 16.7. The van der Waals surface area contributed by atoms with Gasteiger partial charge in [0.2, 0.25) is 5.91 Å². The third-order valence-electron chi connectivity index (χ3n) is 6.20. The summed E-state index contributed by atoms with van der Waals surface area (Å²) in [5.41, 5.74) is 1.18. The van der Waals surface area contributed by atoms with E-state index in [-0.39, 0.29) is 23.1 Å². The maximum atomic E-state index is 13.1. The minimum absolute atomic E-state index is 0.0415. The van der Waals surface area contributed by atoms with Gasteiger partial charge in [0.15, 0.2) is 5.78 Å². The third kappa shape index (κ3) is 4.85. The van der Waals surface area contributed by atoms with Gasteiger partial charge < -0.3 is 9.64 Å². The quantitative estimate of drug-likeness (QED) is 0.334. The Kier molecular flexibility index (Phi) is 7.05. The molecule has 4 unspecified atom stereocenters. The number of urea groups is 1. The Labute approximate surface area is 205 Å². The van der Waals surface area contributed by atoms with Crippen molar-refractivity contribution in [3.63, 3.8) is 0 Å². The van der Waals surface area contributed by atoms with Crippen molar-refractivity contribution in [2.24, 2.45) is 5.92 Å². The molecule has 0 spiro atoms. The smallest absolute Gasteiger partial charge is 0.327 e. The molecule has 4 rings (SSSR count). The number of ketones is 1. The third-order valence-corrected chi connectivity index (χ3v) is 7.42. The molecule has 11 nitrogen and oxygen atoms in total. The number of carbonyl (C=O) groups is 3. The molecule has 184 valence electrons. The van der Waals surface area contributed by atoms with Crippen LogP contribution in [0, 0.1) is 16.0 Å². The molecule has 35 heavy (non-hydrogen) atoms. The number of ether oxygens (including phenoxy) is 1. The standard InChI is InChI=1S/C23H25N5O6S/c1-26-20-18(22(30)27(2)23(26)31)21(35-12-17(29)13-6-10-16(34-3)11-7-13)25-19(24-20)14-4-8-15(9-5-14)28(32)33/h4-11,18-21,24-25H,12H2,1-3H3. The minimum atomic E-state index is -0.648. The molecular formula is C23H25N5O6S. The Hall–Kier alpha value is -3.48. The Morgan fingerprint density at radius 2 is 1.74 bits per heavy atom. The number of nitro groups is 1. The van der Waals surface area contributed by atoms with E-state index in [0.717, 1.165) is 4.90 Å². The second-order valence-electron chi connectivity index (χ2n) is 8.26. The number of hydrogen-bond donors (Lipinski definition) is 2. The zero-order valence-electron chi connectivity index (χ0n) is 19.3. The fourth-order valence-corrected chi connectivity index (χ4v) is 5.41. The molecule has 2 saturated heterocycles. The molecule has 3 amide bonds. The lowest BCUT2D eigenvalue weighted by atomic mass is 9.96. The van der Waals surface area contributed by atoms with Crippen LogP contribution in [0.15, 0.2) is 48.5 Å². The first kappa shape index (κ1) is 24.6. The number of nitrogens with zero attached hydrogens (tertiary/aromatic N) is 3. The number of thioether (sulfide) groups is 1. The first-order valence-corrected chi connectivity index (χ1v) is 11.9. The zero-order valence-corrected chi connectivity index (χ0v) is 20.2. The largest absolute Gasteiger partial charge is 0.497 e. The number of amides is 3. The lowest BCUT2D eigenvalue weighted by Crippen LogP contribution is -2.72. The van der Waals surface area contributed by atoms with Gasteiger partial charge in [-0.05, 0) is 42.0 Å². The van der Waals surface area contributed by atoms with Crippen LogP contribution >= 0.6 is 11.8 Å². The van der Waals surface area contributed by atoms with Gasteiger partial charge in [-0.2, -0.15) is 0 Å². The van der Waals surface area contributed by atoms with Crippen molar-refractivity contribution in [3.05, 3.63) is 69.8 Å². The molecule has 0 aliphatic carbocycles. The minimum Gasteiger partial charge on any atom is -0.497 e. The molecule has 0 saturated carbocycles. The highest BCUT2D eigenvalue weighted by atomic mass is 32.2. The maximum absolute atomic E-state index is 13.1. The van der Waals surface area contributed by atoms with Crippen LogP contribution < -0.4 is 15.4 Å². The van der Waals surface area contributed by atoms with Gasteiger partial charge in [-0.25, -0.2) is 4.79 Å². The van der Waals surface area contributed by atoms with Crippen molar-refractivity contribution in [3.8, 4) is 5.75 Å². The molecule has 2 aliphatic heterocycles. The number of carbonyl (C=O) groups excluding carboxylic acids is 3. The fraction of sp³-hybridized carbons (Fsp3) is 0.348. The number of nitro benzene ring substituents is 1. The molecule has 0 radical (unpaired) electrons. The van der Waals surface area contributed by atoms with Crippen LogP contribution in [0.5, 0.6) is 5.75 Å². The summed E-state index contributed by atoms with van der Waals surface area (Å²) in [6.07, 6.45) is -1.13. The van der Waals surface area contributed by atoms with Gasteiger partial charge >= 0.3 is 6.03 Å². The second kappa shape index (κ2) is 10.0. The maximum Gasteiger partial charge on any atom is 0.327 e. The van der Waals surface area contributed by atoms with Crippen molar-refractivity contribution in [1.29, 1.82) is 0 Å². The van der Waals surface area contributed by atoms with Crippen LogP contribution in [0.1, 0.15) is 22.1 Å². The highest BCUT2D eigenvalue weighted by Crippen LogP contribution is 2.35. The summed E-state index contributed by atoms with van der Waals surface area (Å²) >= 11 is 1.29.